The number of carbonyl (C=O) groups is 1. The molecule has 22 heavy (non-hydrogen) atoms. The van der Waals surface area contributed by atoms with Gasteiger partial charge < -0.3 is 15.4 Å². The van der Waals surface area contributed by atoms with Crippen LogP contribution in [-0.2, 0) is 0 Å². The second-order valence-electron chi connectivity index (χ2n) is 4.86. The quantitative estimate of drug-likeness (QED) is 0.883. The summed E-state index contributed by atoms with van der Waals surface area (Å²) in [5.41, 5.74) is 2.05. The van der Waals surface area contributed by atoms with Crippen molar-refractivity contribution >= 4 is 12.1 Å². The van der Waals surface area contributed by atoms with Gasteiger partial charge in [0.05, 0.1) is 13.2 Å². The maximum Gasteiger partial charge on any atom is 0.319 e. The van der Waals surface area contributed by atoms with Crippen molar-refractivity contribution in [2.75, 3.05) is 7.11 Å². The van der Waals surface area contributed by atoms with Gasteiger partial charge in [-0.3, -0.25) is 0 Å². The van der Waals surface area contributed by atoms with Crippen LogP contribution in [0.1, 0.15) is 24.1 Å². The van der Waals surface area contributed by atoms with Gasteiger partial charge >= 0.3 is 6.03 Å². The molecule has 0 heterocycles. The number of nitrogens with one attached hydrogen (secondary N) is 2. The van der Waals surface area contributed by atoms with Gasteiger partial charge in [-0.25, -0.2) is 4.79 Å². The molecule has 0 bridgehead atoms. The highest BCUT2D eigenvalue weighted by Gasteiger charge is 2.08. The lowest BCUT2D eigenvalue weighted by Crippen LogP contribution is -2.34. The minimum absolute atomic E-state index is 0.0870. The second-order valence-corrected chi connectivity index (χ2v) is 4.86. The molecule has 0 aliphatic heterocycles. The number of methoxy groups -OCH3 is 1. The minimum atomic E-state index is -0.240. The largest absolute Gasteiger partial charge is 0.497 e. The fourth-order valence-corrected chi connectivity index (χ4v) is 1.99. The molecule has 2 aromatic carbocycles. The number of ether oxygens (including phenoxy) is 1. The highest BCUT2D eigenvalue weighted by Crippen LogP contribution is 2.16. The van der Waals surface area contributed by atoms with E-state index in [4.69, 9.17) is 4.74 Å². The van der Waals surface area contributed by atoms with E-state index in [1.807, 2.05) is 67.6 Å². The third kappa shape index (κ3) is 4.66. The van der Waals surface area contributed by atoms with Crippen LogP contribution >= 0.6 is 0 Å². The van der Waals surface area contributed by atoms with Crippen LogP contribution in [0, 0.1) is 0 Å². The molecule has 4 heteroatoms. The molecule has 2 N–H and O–H groups in total. The predicted molar refractivity (Wildman–Crippen MR) is 88.6 cm³/mol. The molecule has 1 unspecified atom stereocenters. The summed E-state index contributed by atoms with van der Waals surface area (Å²) in [5, 5.41) is 5.58. The lowest BCUT2D eigenvalue weighted by Gasteiger charge is -2.14. The molecule has 4 nitrogen and oxygen atoms in total. The van der Waals surface area contributed by atoms with Gasteiger partial charge in [-0.05, 0) is 36.3 Å². The van der Waals surface area contributed by atoms with Gasteiger partial charge in [0, 0.05) is 6.20 Å². The molecule has 0 saturated heterocycles. The van der Waals surface area contributed by atoms with Crippen LogP contribution in [0.5, 0.6) is 5.75 Å². The van der Waals surface area contributed by atoms with E-state index in [1.54, 1.807) is 13.3 Å². The van der Waals surface area contributed by atoms with Gasteiger partial charge in [0.15, 0.2) is 0 Å². The average molecular weight is 296 g/mol. The van der Waals surface area contributed by atoms with Gasteiger partial charge in [-0.15, -0.1) is 0 Å². The molecule has 0 aliphatic carbocycles. The Labute approximate surface area is 130 Å². The molecule has 2 aromatic rings. The lowest BCUT2D eigenvalue weighted by molar-refractivity contribution is 0.241. The number of hydrogen-bond acceptors (Lipinski definition) is 2. The first-order valence-corrected chi connectivity index (χ1v) is 7.11. The zero-order valence-corrected chi connectivity index (χ0v) is 12.7. The van der Waals surface area contributed by atoms with E-state index >= 15 is 0 Å². The van der Waals surface area contributed by atoms with Crippen molar-refractivity contribution in [3.63, 3.8) is 0 Å². The third-order valence-electron chi connectivity index (χ3n) is 3.25. The zero-order valence-electron chi connectivity index (χ0n) is 12.7. The van der Waals surface area contributed by atoms with Crippen LogP contribution in [-0.4, -0.2) is 13.1 Å². The number of benzene rings is 2. The van der Waals surface area contributed by atoms with Crippen LogP contribution in [0.25, 0.3) is 6.08 Å². The van der Waals surface area contributed by atoms with Crippen molar-refractivity contribution < 1.29 is 9.53 Å². The Morgan fingerprint density at radius 3 is 2.41 bits per heavy atom. The van der Waals surface area contributed by atoms with Crippen molar-refractivity contribution in [2.45, 2.75) is 13.0 Å². The van der Waals surface area contributed by atoms with Gasteiger partial charge in [0.1, 0.15) is 5.75 Å². The fraction of sp³-hybridized carbons (Fsp3) is 0.167. The molecule has 0 saturated carbocycles. The van der Waals surface area contributed by atoms with E-state index in [-0.39, 0.29) is 12.1 Å². The highest BCUT2D eigenvalue weighted by molar-refractivity contribution is 5.76. The van der Waals surface area contributed by atoms with Crippen LogP contribution < -0.4 is 15.4 Å². The summed E-state index contributed by atoms with van der Waals surface area (Å²) in [6.07, 6.45) is 3.48. The summed E-state index contributed by atoms with van der Waals surface area (Å²) in [6, 6.07) is 17.1. The van der Waals surface area contributed by atoms with Crippen molar-refractivity contribution in [1.82, 2.24) is 10.6 Å². The molecule has 0 radical (unpaired) electrons. The molecule has 0 spiro atoms. The van der Waals surface area contributed by atoms with E-state index in [1.165, 1.54) is 0 Å². The van der Waals surface area contributed by atoms with Crippen LogP contribution in [0.15, 0.2) is 60.8 Å². The number of amides is 2. The maximum absolute atomic E-state index is 11.8. The van der Waals surface area contributed by atoms with Crippen molar-refractivity contribution in [3.8, 4) is 5.75 Å². The maximum atomic E-state index is 11.8. The Morgan fingerprint density at radius 2 is 1.77 bits per heavy atom. The van der Waals surface area contributed by atoms with Crippen molar-refractivity contribution in [3.05, 3.63) is 71.9 Å². The Hall–Kier alpha value is -2.75. The lowest BCUT2D eigenvalue weighted by atomic mass is 10.1. The number of rotatable bonds is 5. The van der Waals surface area contributed by atoms with Crippen molar-refractivity contribution in [1.29, 1.82) is 0 Å². The van der Waals surface area contributed by atoms with Crippen molar-refractivity contribution in [2.24, 2.45) is 0 Å². The van der Waals surface area contributed by atoms with Gasteiger partial charge in [0.25, 0.3) is 0 Å². The summed E-state index contributed by atoms with van der Waals surface area (Å²) < 4.78 is 5.12. The first-order chi connectivity index (χ1) is 10.7. The Bertz CT molecular complexity index is 621. The highest BCUT2D eigenvalue weighted by atomic mass is 16.5. The zero-order chi connectivity index (χ0) is 15.8. The average Bonchev–Trinajstić information content (AvgIpc) is 2.56. The Morgan fingerprint density at radius 1 is 1.09 bits per heavy atom. The van der Waals surface area contributed by atoms with Crippen LogP contribution in [0.3, 0.4) is 0 Å². The normalized spacial score (nSPS) is 11.9. The van der Waals surface area contributed by atoms with Crippen LogP contribution in [0.2, 0.25) is 0 Å². The Kier molecular flexibility index (Phi) is 5.60. The first-order valence-electron chi connectivity index (χ1n) is 7.11. The summed E-state index contributed by atoms with van der Waals surface area (Å²) in [7, 11) is 1.63. The number of hydrogen-bond donors (Lipinski definition) is 2. The molecule has 114 valence electrons. The third-order valence-corrected chi connectivity index (χ3v) is 3.25. The van der Waals surface area contributed by atoms with E-state index in [9.17, 15) is 4.79 Å². The van der Waals surface area contributed by atoms with Gasteiger partial charge in [-0.1, -0.05) is 42.5 Å². The SMILES string of the molecule is COc1ccc(C(C)NC(=O)N/C=C/c2ccccc2)cc1. The molecular formula is C18H20N2O2. The first kappa shape index (κ1) is 15.6. The molecule has 0 fully saturated rings. The van der Waals surface area contributed by atoms with Gasteiger partial charge in [0.2, 0.25) is 0 Å². The molecule has 0 aromatic heterocycles. The number of urea groups is 1. The summed E-state index contributed by atoms with van der Waals surface area (Å²) in [6.45, 7) is 1.93. The summed E-state index contributed by atoms with van der Waals surface area (Å²) in [5.74, 6) is 0.797. The Balaban J connectivity index is 1.84. The number of carbonyl (C=O) groups excluding carboxylic acids is 1. The fourth-order valence-electron chi connectivity index (χ4n) is 1.99. The standard InChI is InChI=1S/C18H20N2O2/c1-14(16-8-10-17(22-2)11-9-16)20-18(21)19-13-12-15-6-4-3-5-7-15/h3-14H,1-2H3,(H2,19,20,21)/b13-12+. The molecule has 2 rings (SSSR count). The topological polar surface area (TPSA) is 50.4 Å². The van der Waals surface area contributed by atoms with Gasteiger partial charge in [-0.2, -0.15) is 0 Å². The van der Waals surface area contributed by atoms with Crippen LogP contribution in [0.4, 0.5) is 4.79 Å². The molecule has 0 aliphatic rings. The van der Waals surface area contributed by atoms with E-state index in [0.717, 1.165) is 16.9 Å². The smallest absolute Gasteiger partial charge is 0.319 e. The van der Waals surface area contributed by atoms with E-state index in [0.29, 0.717) is 0 Å². The monoisotopic (exact) mass is 296 g/mol. The molecule has 2 amide bonds. The van der Waals surface area contributed by atoms with E-state index < -0.39 is 0 Å². The summed E-state index contributed by atoms with van der Waals surface area (Å²) in [4.78, 5) is 11.8. The second kappa shape index (κ2) is 7.88. The summed E-state index contributed by atoms with van der Waals surface area (Å²) >= 11 is 0. The molecule has 1 atom stereocenters. The van der Waals surface area contributed by atoms with E-state index in [2.05, 4.69) is 10.6 Å². The minimum Gasteiger partial charge on any atom is -0.497 e. The predicted octanol–water partition coefficient (Wildman–Crippen LogP) is 3.73. The molecular weight excluding hydrogens is 276 g/mol.